The van der Waals surface area contributed by atoms with Gasteiger partial charge in [0.2, 0.25) is 5.75 Å². The summed E-state index contributed by atoms with van der Waals surface area (Å²) in [6.45, 7) is 3.08. The molecule has 1 aliphatic rings. The molecule has 0 saturated heterocycles. The lowest BCUT2D eigenvalue weighted by Crippen LogP contribution is -2.06. The first-order chi connectivity index (χ1) is 13.8. The first-order valence-electron chi connectivity index (χ1n) is 8.56. The minimum atomic E-state index is -0.720. The summed E-state index contributed by atoms with van der Waals surface area (Å²) in [4.78, 5) is 34.2. The number of hydrogen-bond acceptors (Lipinski definition) is 7. The predicted octanol–water partition coefficient (Wildman–Crippen LogP) is 3.82. The van der Waals surface area contributed by atoms with E-state index in [1.54, 1.807) is 6.08 Å². The summed E-state index contributed by atoms with van der Waals surface area (Å²) in [6.07, 6.45) is 3.00. The number of ether oxygens (including phenoxy) is 3. The van der Waals surface area contributed by atoms with Crippen molar-refractivity contribution in [3.63, 3.8) is 0 Å². The van der Waals surface area contributed by atoms with Gasteiger partial charge in [0.15, 0.2) is 5.75 Å². The Labute approximate surface area is 166 Å². The molecule has 3 rings (SSSR count). The number of nitrogens with zero attached hydrogens (tertiary/aromatic N) is 1. The third-order valence-corrected chi connectivity index (χ3v) is 4.10. The standard InChI is InChI=1S/C21H17NO7/c1-12-4-6-15(7-5-12)18-11-16(21(24)29-18)8-14-9-17(22(25)26)20(28-13(2)23)19(10-14)27-3/h4-11H,1-3H3/b16-8+. The van der Waals surface area contributed by atoms with Gasteiger partial charge in [-0.25, -0.2) is 4.79 Å². The van der Waals surface area contributed by atoms with E-state index in [1.165, 1.54) is 25.3 Å². The summed E-state index contributed by atoms with van der Waals surface area (Å²) >= 11 is 0. The highest BCUT2D eigenvalue weighted by atomic mass is 16.6. The minimum Gasteiger partial charge on any atom is -0.493 e. The average Bonchev–Trinajstić information content (AvgIpc) is 3.03. The quantitative estimate of drug-likeness (QED) is 0.249. The van der Waals surface area contributed by atoms with Crippen LogP contribution in [0.4, 0.5) is 5.69 Å². The number of esters is 2. The number of cyclic esters (lactones) is 1. The maximum atomic E-state index is 12.2. The zero-order valence-electron chi connectivity index (χ0n) is 15.9. The molecule has 1 heterocycles. The molecule has 8 heteroatoms. The van der Waals surface area contributed by atoms with Crippen LogP contribution in [0.5, 0.6) is 11.5 Å². The highest BCUT2D eigenvalue weighted by Crippen LogP contribution is 2.39. The van der Waals surface area contributed by atoms with Crippen LogP contribution in [0.25, 0.3) is 11.8 Å². The Balaban J connectivity index is 2.04. The Morgan fingerprint density at radius 3 is 2.48 bits per heavy atom. The molecule has 0 saturated carbocycles. The lowest BCUT2D eigenvalue weighted by atomic mass is 10.1. The highest BCUT2D eigenvalue weighted by Gasteiger charge is 2.26. The number of aryl methyl sites for hydroxylation is 1. The summed E-state index contributed by atoms with van der Waals surface area (Å²) in [7, 11) is 1.29. The Bertz CT molecular complexity index is 1070. The summed E-state index contributed by atoms with van der Waals surface area (Å²) in [6, 6.07) is 10.1. The van der Waals surface area contributed by atoms with Gasteiger partial charge in [-0.3, -0.25) is 14.9 Å². The zero-order chi connectivity index (χ0) is 21.1. The molecule has 0 atom stereocenters. The first kappa shape index (κ1) is 19.8. The van der Waals surface area contributed by atoms with Crippen molar-refractivity contribution in [2.45, 2.75) is 13.8 Å². The van der Waals surface area contributed by atoms with Crippen LogP contribution in [0, 0.1) is 17.0 Å². The molecule has 0 aromatic heterocycles. The topological polar surface area (TPSA) is 105 Å². The monoisotopic (exact) mass is 395 g/mol. The van der Waals surface area contributed by atoms with Gasteiger partial charge < -0.3 is 14.2 Å². The maximum Gasteiger partial charge on any atom is 0.343 e. The molecule has 2 aromatic carbocycles. The van der Waals surface area contributed by atoms with Crippen LogP contribution in [-0.2, 0) is 14.3 Å². The molecular formula is C21H17NO7. The van der Waals surface area contributed by atoms with Crippen molar-refractivity contribution in [3.8, 4) is 11.5 Å². The summed E-state index contributed by atoms with van der Waals surface area (Å²) in [5.41, 5.74) is 1.89. The molecule has 0 aliphatic carbocycles. The van der Waals surface area contributed by atoms with Gasteiger partial charge in [-0.15, -0.1) is 0 Å². The van der Waals surface area contributed by atoms with E-state index in [9.17, 15) is 19.7 Å². The lowest BCUT2D eigenvalue weighted by Gasteiger charge is -2.09. The number of nitro groups is 1. The smallest absolute Gasteiger partial charge is 0.343 e. The highest BCUT2D eigenvalue weighted by molar-refractivity contribution is 6.05. The van der Waals surface area contributed by atoms with Crippen LogP contribution >= 0.6 is 0 Å². The molecule has 0 unspecified atom stereocenters. The van der Waals surface area contributed by atoms with Crippen molar-refractivity contribution < 1.29 is 28.7 Å². The Morgan fingerprint density at radius 2 is 1.90 bits per heavy atom. The van der Waals surface area contributed by atoms with Crippen molar-refractivity contribution in [1.82, 2.24) is 0 Å². The van der Waals surface area contributed by atoms with Gasteiger partial charge in [-0.2, -0.15) is 0 Å². The molecule has 0 spiro atoms. The molecule has 0 fully saturated rings. The molecule has 1 aliphatic heterocycles. The number of carbonyl (C=O) groups is 2. The van der Waals surface area contributed by atoms with E-state index in [0.29, 0.717) is 11.3 Å². The van der Waals surface area contributed by atoms with Gasteiger partial charge in [0.05, 0.1) is 17.6 Å². The predicted molar refractivity (Wildman–Crippen MR) is 104 cm³/mol. The molecule has 0 radical (unpaired) electrons. The number of nitro benzene ring substituents is 1. The molecule has 0 bridgehead atoms. The largest absolute Gasteiger partial charge is 0.493 e. The number of methoxy groups -OCH3 is 1. The fourth-order valence-electron chi connectivity index (χ4n) is 2.75. The number of rotatable bonds is 5. The second-order valence-corrected chi connectivity index (χ2v) is 6.29. The van der Waals surface area contributed by atoms with E-state index < -0.39 is 22.5 Å². The molecule has 0 N–H and O–H groups in total. The van der Waals surface area contributed by atoms with Crippen molar-refractivity contribution in [2.24, 2.45) is 0 Å². The number of carbonyl (C=O) groups excluding carboxylic acids is 2. The molecular weight excluding hydrogens is 378 g/mol. The Morgan fingerprint density at radius 1 is 1.21 bits per heavy atom. The summed E-state index contributed by atoms with van der Waals surface area (Å²) < 4.78 is 15.4. The van der Waals surface area contributed by atoms with E-state index in [0.717, 1.165) is 18.1 Å². The van der Waals surface area contributed by atoms with Crippen LogP contribution in [0.3, 0.4) is 0 Å². The molecule has 0 amide bonds. The summed E-state index contributed by atoms with van der Waals surface area (Å²) in [5.74, 6) is -1.21. The van der Waals surface area contributed by atoms with Crippen LogP contribution < -0.4 is 9.47 Å². The van der Waals surface area contributed by atoms with Crippen LogP contribution in [0.1, 0.15) is 23.6 Å². The number of benzene rings is 2. The van der Waals surface area contributed by atoms with Crippen molar-refractivity contribution in [1.29, 1.82) is 0 Å². The third kappa shape index (κ3) is 4.32. The molecule has 2 aromatic rings. The molecule has 148 valence electrons. The van der Waals surface area contributed by atoms with Gasteiger partial charge >= 0.3 is 17.6 Å². The van der Waals surface area contributed by atoms with Crippen molar-refractivity contribution >= 4 is 29.5 Å². The van der Waals surface area contributed by atoms with E-state index in [2.05, 4.69) is 0 Å². The van der Waals surface area contributed by atoms with Gasteiger partial charge in [-0.1, -0.05) is 29.8 Å². The second kappa shape index (κ2) is 7.97. The van der Waals surface area contributed by atoms with E-state index in [1.807, 2.05) is 31.2 Å². The van der Waals surface area contributed by atoms with Gasteiger partial charge in [0.1, 0.15) is 5.76 Å². The van der Waals surface area contributed by atoms with Gasteiger partial charge in [-0.05, 0) is 30.7 Å². The lowest BCUT2D eigenvalue weighted by molar-refractivity contribution is -0.385. The minimum absolute atomic E-state index is 0.00430. The van der Waals surface area contributed by atoms with E-state index >= 15 is 0 Å². The van der Waals surface area contributed by atoms with Crippen molar-refractivity contribution in [3.05, 3.63) is 74.9 Å². The van der Waals surface area contributed by atoms with E-state index in [-0.39, 0.29) is 17.1 Å². The van der Waals surface area contributed by atoms with Gasteiger partial charge in [0.25, 0.3) is 0 Å². The average molecular weight is 395 g/mol. The Hall–Kier alpha value is -3.94. The molecule has 29 heavy (non-hydrogen) atoms. The van der Waals surface area contributed by atoms with Crippen LogP contribution in [-0.4, -0.2) is 24.0 Å². The van der Waals surface area contributed by atoms with E-state index in [4.69, 9.17) is 14.2 Å². The molecule has 8 nitrogen and oxygen atoms in total. The first-order valence-corrected chi connectivity index (χ1v) is 8.56. The maximum absolute atomic E-state index is 12.2. The SMILES string of the molecule is COc1cc(/C=C2\C=C(c3ccc(C)cc3)OC2=O)cc([N+](=O)[O-])c1OC(C)=O. The second-order valence-electron chi connectivity index (χ2n) is 6.29. The normalized spacial score (nSPS) is 14.4. The zero-order valence-corrected chi connectivity index (χ0v) is 15.9. The summed E-state index contributed by atoms with van der Waals surface area (Å²) in [5, 5.41) is 11.4. The van der Waals surface area contributed by atoms with Crippen LogP contribution in [0.2, 0.25) is 0 Å². The van der Waals surface area contributed by atoms with Gasteiger partial charge in [0, 0.05) is 18.6 Å². The Kier molecular flexibility index (Phi) is 5.45. The van der Waals surface area contributed by atoms with Crippen LogP contribution in [0.15, 0.2) is 48.0 Å². The van der Waals surface area contributed by atoms with Crippen molar-refractivity contribution in [2.75, 3.05) is 7.11 Å². The number of hydrogen-bond donors (Lipinski definition) is 0. The third-order valence-electron chi connectivity index (χ3n) is 4.10. The fourth-order valence-corrected chi connectivity index (χ4v) is 2.75. The fraction of sp³-hybridized carbons (Fsp3) is 0.143.